The lowest BCUT2D eigenvalue weighted by Gasteiger charge is -2.32. The van der Waals surface area contributed by atoms with Gasteiger partial charge in [0, 0.05) is 20.2 Å². The summed E-state index contributed by atoms with van der Waals surface area (Å²) in [5, 5.41) is 3.32. The summed E-state index contributed by atoms with van der Waals surface area (Å²) in [5.41, 5.74) is -0.344. The van der Waals surface area contributed by atoms with E-state index in [1.165, 1.54) is 6.42 Å². The van der Waals surface area contributed by atoms with Gasteiger partial charge in [-0.3, -0.25) is 4.79 Å². The molecule has 98 valence electrons. The van der Waals surface area contributed by atoms with Crippen LogP contribution in [0.1, 0.15) is 39.0 Å². The molecule has 2 rings (SSSR count). The molecule has 0 spiro atoms. The van der Waals surface area contributed by atoms with Gasteiger partial charge < -0.3 is 15.0 Å². The van der Waals surface area contributed by atoms with Crippen LogP contribution in [0.2, 0.25) is 0 Å². The maximum Gasteiger partial charge on any atom is 0.242 e. The molecule has 2 aliphatic heterocycles. The predicted octanol–water partition coefficient (Wildman–Crippen LogP) is 1.16. The van der Waals surface area contributed by atoms with Crippen LogP contribution in [-0.4, -0.2) is 49.2 Å². The highest BCUT2D eigenvalue weighted by Gasteiger charge is 2.38. The van der Waals surface area contributed by atoms with Crippen molar-refractivity contribution in [2.24, 2.45) is 0 Å². The molecule has 2 fully saturated rings. The lowest BCUT2D eigenvalue weighted by atomic mass is 9.98. The first kappa shape index (κ1) is 12.8. The molecule has 17 heavy (non-hydrogen) atoms. The van der Waals surface area contributed by atoms with Crippen LogP contribution in [-0.2, 0) is 9.53 Å². The van der Waals surface area contributed by atoms with Gasteiger partial charge in [-0.15, -0.1) is 0 Å². The molecule has 0 bridgehead atoms. The first-order chi connectivity index (χ1) is 8.12. The van der Waals surface area contributed by atoms with Gasteiger partial charge in [-0.2, -0.15) is 0 Å². The van der Waals surface area contributed by atoms with E-state index in [-0.39, 0.29) is 17.6 Å². The Kier molecular flexibility index (Phi) is 4.05. The summed E-state index contributed by atoms with van der Waals surface area (Å²) in [6.07, 6.45) is 5.75. The molecule has 0 radical (unpaired) electrons. The third-order valence-corrected chi connectivity index (χ3v) is 3.94. The Morgan fingerprint density at radius 2 is 2.29 bits per heavy atom. The molecule has 2 aliphatic rings. The van der Waals surface area contributed by atoms with Crippen molar-refractivity contribution in [3.63, 3.8) is 0 Å². The number of nitrogens with one attached hydrogen (secondary N) is 1. The summed E-state index contributed by atoms with van der Waals surface area (Å²) in [4.78, 5) is 14.2. The molecule has 2 atom stereocenters. The zero-order valence-corrected chi connectivity index (χ0v) is 11.0. The number of nitrogens with zero attached hydrogens (tertiary/aromatic N) is 1. The van der Waals surface area contributed by atoms with Crippen LogP contribution in [0.4, 0.5) is 0 Å². The first-order valence-electron chi connectivity index (χ1n) is 6.74. The highest BCUT2D eigenvalue weighted by Crippen LogP contribution is 2.22. The molecule has 0 aromatic rings. The Morgan fingerprint density at radius 1 is 1.47 bits per heavy atom. The minimum Gasteiger partial charge on any atom is -0.376 e. The second-order valence-corrected chi connectivity index (χ2v) is 5.54. The predicted molar refractivity (Wildman–Crippen MR) is 66.9 cm³/mol. The molecule has 2 heterocycles. The van der Waals surface area contributed by atoms with Crippen molar-refractivity contribution < 1.29 is 9.53 Å². The van der Waals surface area contributed by atoms with Crippen molar-refractivity contribution in [3.8, 4) is 0 Å². The number of hydrogen-bond acceptors (Lipinski definition) is 3. The summed E-state index contributed by atoms with van der Waals surface area (Å²) in [6.45, 7) is 4.55. The fourth-order valence-electron chi connectivity index (χ4n) is 2.84. The van der Waals surface area contributed by atoms with Crippen LogP contribution in [0.3, 0.4) is 0 Å². The summed E-state index contributed by atoms with van der Waals surface area (Å²) in [7, 11) is 1.89. The average molecular weight is 240 g/mol. The van der Waals surface area contributed by atoms with Gasteiger partial charge in [-0.25, -0.2) is 0 Å². The van der Waals surface area contributed by atoms with Crippen LogP contribution in [0.5, 0.6) is 0 Å². The standard InChI is InChI=1S/C13H24N2O2/c1-13(7-5-8-14-13)12(16)15(2)10-11-6-3-4-9-17-11/h11,14H,3-10H2,1-2H3. The van der Waals surface area contributed by atoms with Crippen molar-refractivity contribution in [1.82, 2.24) is 10.2 Å². The molecule has 4 nitrogen and oxygen atoms in total. The minimum atomic E-state index is -0.344. The van der Waals surface area contributed by atoms with E-state index in [9.17, 15) is 4.79 Å². The molecule has 0 aromatic heterocycles. The lowest BCUT2D eigenvalue weighted by Crippen LogP contribution is -2.53. The van der Waals surface area contributed by atoms with Gasteiger partial charge in [-0.05, 0) is 45.6 Å². The monoisotopic (exact) mass is 240 g/mol. The molecule has 0 saturated carbocycles. The largest absolute Gasteiger partial charge is 0.376 e. The highest BCUT2D eigenvalue weighted by molar-refractivity contribution is 5.86. The summed E-state index contributed by atoms with van der Waals surface area (Å²) >= 11 is 0. The maximum absolute atomic E-state index is 12.3. The molecule has 2 saturated heterocycles. The van der Waals surface area contributed by atoms with E-state index < -0.39 is 0 Å². The van der Waals surface area contributed by atoms with Crippen molar-refractivity contribution in [2.75, 3.05) is 26.7 Å². The number of rotatable bonds is 3. The summed E-state index contributed by atoms with van der Waals surface area (Å²) in [6, 6.07) is 0. The van der Waals surface area contributed by atoms with Gasteiger partial charge in [0.25, 0.3) is 0 Å². The number of carbonyl (C=O) groups is 1. The van der Waals surface area contributed by atoms with Crippen LogP contribution in [0.25, 0.3) is 0 Å². The van der Waals surface area contributed by atoms with E-state index in [1.807, 2.05) is 18.9 Å². The van der Waals surface area contributed by atoms with E-state index in [4.69, 9.17) is 4.74 Å². The Morgan fingerprint density at radius 3 is 2.88 bits per heavy atom. The van der Waals surface area contributed by atoms with Crippen LogP contribution in [0.15, 0.2) is 0 Å². The number of amides is 1. The van der Waals surface area contributed by atoms with Crippen LogP contribution in [0, 0.1) is 0 Å². The second kappa shape index (κ2) is 5.36. The topological polar surface area (TPSA) is 41.6 Å². The average Bonchev–Trinajstić information content (AvgIpc) is 2.78. The highest BCUT2D eigenvalue weighted by atomic mass is 16.5. The Labute approximate surface area is 104 Å². The second-order valence-electron chi connectivity index (χ2n) is 5.54. The minimum absolute atomic E-state index is 0.212. The van der Waals surface area contributed by atoms with Crippen molar-refractivity contribution >= 4 is 5.91 Å². The fourth-order valence-corrected chi connectivity index (χ4v) is 2.84. The molecule has 1 N–H and O–H groups in total. The third-order valence-electron chi connectivity index (χ3n) is 3.94. The van der Waals surface area contributed by atoms with Gasteiger partial charge in [0.2, 0.25) is 5.91 Å². The van der Waals surface area contributed by atoms with Gasteiger partial charge in [-0.1, -0.05) is 0 Å². The molecule has 1 amide bonds. The van der Waals surface area contributed by atoms with Crippen molar-refractivity contribution in [2.45, 2.75) is 50.7 Å². The van der Waals surface area contributed by atoms with Gasteiger partial charge in [0.05, 0.1) is 11.6 Å². The third kappa shape index (κ3) is 2.99. The number of likely N-dealkylation sites (N-methyl/N-ethyl adjacent to an activating group) is 1. The van der Waals surface area contributed by atoms with E-state index in [0.29, 0.717) is 0 Å². The quantitative estimate of drug-likeness (QED) is 0.805. The molecular formula is C13H24N2O2. The Bertz CT molecular complexity index is 269. The van der Waals surface area contributed by atoms with Gasteiger partial charge in [0.15, 0.2) is 0 Å². The zero-order valence-electron chi connectivity index (χ0n) is 11.0. The van der Waals surface area contributed by atoms with E-state index in [0.717, 1.165) is 45.4 Å². The lowest BCUT2D eigenvalue weighted by molar-refractivity contribution is -0.138. The molecular weight excluding hydrogens is 216 g/mol. The van der Waals surface area contributed by atoms with Crippen molar-refractivity contribution in [1.29, 1.82) is 0 Å². The molecule has 0 aromatic carbocycles. The fraction of sp³-hybridized carbons (Fsp3) is 0.923. The first-order valence-corrected chi connectivity index (χ1v) is 6.74. The van der Waals surface area contributed by atoms with Gasteiger partial charge in [0.1, 0.15) is 0 Å². The SMILES string of the molecule is CN(CC1CCCCO1)C(=O)C1(C)CCCN1. The normalized spacial score (nSPS) is 33.6. The maximum atomic E-state index is 12.3. The summed E-state index contributed by atoms with van der Waals surface area (Å²) < 4.78 is 5.68. The molecule has 2 unspecified atom stereocenters. The smallest absolute Gasteiger partial charge is 0.242 e. The van der Waals surface area contributed by atoms with Gasteiger partial charge >= 0.3 is 0 Å². The number of carbonyl (C=O) groups excluding carboxylic acids is 1. The number of hydrogen-bond donors (Lipinski definition) is 1. The van der Waals surface area contributed by atoms with Crippen LogP contribution < -0.4 is 5.32 Å². The van der Waals surface area contributed by atoms with E-state index in [2.05, 4.69) is 5.32 Å². The van der Waals surface area contributed by atoms with E-state index in [1.54, 1.807) is 0 Å². The number of ether oxygens (including phenoxy) is 1. The molecule has 0 aliphatic carbocycles. The van der Waals surface area contributed by atoms with Crippen molar-refractivity contribution in [3.05, 3.63) is 0 Å². The Hall–Kier alpha value is -0.610. The van der Waals surface area contributed by atoms with E-state index >= 15 is 0 Å². The summed E-state index contributed by atoms with van der Waals surface area (Å²) in [5.74, 6) is 0.212. The zero-order chi connectivity index (χ0) is 12.3. The Balaban J connectivity index is 1.85. The molecule has 4 heteroatoms. The van der Waals surface area contributed by atoms with Crippen LogP contribution >= 0.6 is 0 Å².